The summed E-state index contributed by atoms with van der Waals surface area (Å²) in [6.45, 7) is 3.19. The first-order valence-corrected chi connectivity index (χ1v) is 13.0. The van der Waals surface area contributed by atoms with Crippen LogP contribution in [0.3, 0.4) is 0 Å². The van der Waals surface area contributed by atoms with Gasteiger partial charge < -0.3 is 18.9 Å². The van der Waals surface area contributed by atoms with E-state index in [-0.39, 0.29) is 6.61 Å². The summed E-state index contributed by atoms with van der Waals surface area (Å²) in [4.78, 5) is 65.6. The van der Waals surface area contributed by atoms with Crippen LogP contribution in [-0.4, -0.2) is 71.0 Å². The van der Waals surface area contributed by atoms with Gasteiger partial charge in [0.2, 0.25) is 11.8 Å². The average molecular weight is 554 g/mol. The molecular weight excluding hydrogens is 526 g/mol. The van der Waals surface area contributed by atoms with E-state index in [1.165, 1.54) is 6.92 Å². The summed E-state index contributed by atoms with van der Waals surface area (Å²) in [5.41, 5.74) is 1.68. The minimum Gasteiger partial charge on any atom is -0.463 e. The minimum absolute atomic E-state index is 0.334. The third-order valence-electron chi connectivity index (χ3n) is 7.19. The van der Waals surface area contributed by atoms with Crippen LogP contribution in [0.2, 0.25) is 0 Å². The van der Waals surface area contributed by atoms with Gasteiger partial charge in [0.1, 0.15) is 24.2 Å². The smallest absolute Gasteiger partial charge is 0.303 e. The monoisotopic (exact) mass is 553 g/mol. The number of imide groups is 1. The summed E-state index contributed by atoms with van der Waals surface area (Å²) >= 11 is 4.56. The van der Waals surface area contributed by atoms with Gasteiger partial charge in [-0.2, -0.15) is 0 Å². The fourth-order valence-electron chi connectivity index (χ4n) is 5.80. The van der Waals surface area contributed by atoms with Crippen LogP contribution in [0.4, 0.5) is 0 Å². The Morgan fingerprint density at radius 2 is 1.21 bits per heavy atom. The highest BCUT2D eigenvalue weighted by atomic mass is 32.1. The van der Waals surface area contributed by atoms with Gasteiger partial charge in [0, 0.05) is 20.8 Å². The third kappa shape index (κ3) is 4.70. The van der Waals surface area contributed by atoms with Gasteiger partial charge in [0.15, 0.2) is 12.2 Å². The third-order valence-corrected chi connectivity index (χ3v) is 7.62. The fraction of sp³-hybridized carbons (Fsp3) is 0.393. The summed E-state index contributed by atoms with van der Waals surface area (Å²) in [5.74, 6) is -4.74. The van der Waals surface area contributed by atoms with Crippen molar-refractivity contribution in [1.82, 2.24) is 4.90 Å². The molecule has 2 amide bonds. The molecule has 3 aliphatic heterocycles. The van der Waals surface area contributed by atoms with Gasteiger partial charge in [-0.05, 0) is 22.3 Å². The lowest BCUT2D eigenvalue weighted by molar-refractivity contribution is -0.222. The van der Waals surface area contributed by atoms with Crippen molar-refractivity contribution in [3.63, 3.8) is 0 Å². The summed E-state index contributed by atoms with van der Waals surface area (Å²) in [6, 6.07) is 13.3. The van der Waals surface area contributed by atoms with Gasteiger partial charge in [0.25, 0.3) is 0 Å². The molecular formula is C28H27NO9S. The lowest BCUT2D eigenvalue weighted by Crippen LogP contribution is -2.67. The van der Waals surface area contributed by atoms with Crippen molar-refractivity contribution < 1.29 is 42.9 Å². The number of fused-ring (bicyclic) bond motifs is 2. The number of rotatable bonds is 5. The Morgan fingerprint density at radius 3 is 1.62 bits per heavy atom. The number of amides is 2. The molecule has 1 saturated heterocycles. The molecule has 6 rings (SSSR count). The number of hydrogen-bond donors (Lipinski definition) is 1. The van der Waals surface area contributed by atoms with Crippen molar-refractivity contribution in [2.24, 2.45) is 0 Å². The molecule has 11 heteroatoms. The second kappa shape index (κ2) is 10.5. The maximum Gasteiger partial charge on any atom is 0.303 e. The number of thiol groups is 1. The Labute approximate surface area is 229 Å². The molecule has 0 spiro atoms. The van der Waals surface area contributed by atoms with Gasteiger partial charge in [-0.15, -0.1) is 12.6 Å². The maximum atomic E-state index is 14.3. The molecule has 0 aromatic heterocycles. The molecule has 204 valence electrons. The maximum absolute atomic E-state index is 14.3. The van der Waals surface area contributed by atoms with E-state index in [1.54, 1.807) is 0 Å². The predicted molar refractivity (Wildman–Crippen MR) is 138 cm³/mol. The zero-order valence-electron chi connectivity index (χ0n) is 21.4. The fourth-order valence-corrected chi connectivity index (χ4v) is 6.26. The highest BCUT2D eigenvalue weighted by Gasteiger charge is 2.58. The zero-order chi connectivity index (χ0) is 28.0. The standard InChI is InChI=1S/C28H27NO9S/c1-13(30)35-12-20-24(36-14(2)31)25(37-15(3)32)23(28(39)38-20)29-26(33)21-16-8-4-5-9-17(16)22(27(29)34)19-11-7-6-10-18(19)21/h4-11,20-25,28,39H,12H2,1-3H3/t20-,21?,22?,23-,24-,25-,28+/m1/s1. The van der Waals surface area contributed by atoms with Crippen molar-refractivity contribution in [3.8, 4) is 0 Å². The van der Waals surface area contributed by atoms with E-state index in [4.69, 9.17) is 18.9 Å². The molecule has 2 aromatic carbocycles. The van der Waals surface area contributed by atoms with Crippen LogP contribution < -0.4 is 0 Å². The van der Waals surface area contributed by atoms with Crippen molar-refractivity contribution in [1.29, 1.82) is 0 Å². The highest BCUT2D eigenvalue weighted by Crippen LogP contribution is 2.49. The number of esters is 3. The summed E-state index contributed by atoms with van der Waals surface area (Å²) in [5, 5.41) is 0. The minimum atomic E-state index is -1.35. The normalized spacial score (nSPS) is 29.1. The predicted octanol–water partition coefficient (Wildman–Crippen LogP) is 2.08. The van der Waals surface area contributed by atoms with E-state index in [2.05, 4.69) is 12.6 Å². The van der Waals surface area contributed by atoms with Gasteiger partial charge in [0.05, 0.1) is 11.8 Å². The summed E-state index contributed by atoms with van der Waals surface area (Å²) < 4.78 is 22.2. The van der Waals surface area contributed by atoms with Gasteiger partial charge in [-0.3, -0.25) is 28.9 Å². The van der Waals surface area contributed by atoms with E-state index in [9.17, 15) is 24.0 Å². The summed E-state index contributed by atoms with van der Waals surface area (Å²) in [7, 11) is 0. The molecule has 0 saturated carbocycles. The molecule has 5 atom stereocenters. The summed E-state index contributed by atoms with van der Waals surface area (Å²) in [6.07, 6.45) is -3.73. The first kappa shape index (κ1) is 26.9. The molecule has 39 heavy (non-hydrogen) atoms. The molecule has 1 aliphatic carbocycles. The van der Waals surface area contributed by atoms with E-state index in [0.717, 1.165) is 18.7 Å². The topological polar surface area (TPSA) is 126 Å². The van der Waals surface area contributed by atoms with Crippen molar-refractivity contribution in [2.45, 2.75) is 62.4 Å². The van der Waals surface area contributed by atoms with Crippen molar-refractivity contribution >= 4 is 42.4 Å². The number of ether oxygens (including phenoxy) is 4. The SMILES string of the molecule is CC(=O)OC[C@H]1O[C@@H](S)[C@H](N2C(=O)C3c4ccccc4C(C2=O)c2ccccc23)[C@@H](OC(C)=O)[C@@H]1OC(C)=O. The number of carbonyl (C=O) groups is 5. The molecule has 4 aliphatic rings. The van der Waals surface area contributed by atoms with Crippen LogP contribution in [-0.2, 0) is 42.9 Å². The van der Waals surface area contributed by atoms with Crippen LogP contribution in [0.5, 0.6) is 0 Å². The Hall–Kier alpha value is -3.70. The van der Waals surface area contributed by atoms with Crippen LogP contribution in [0, 0.1) is 0 Å². The van der Waals surface area contributed by atoms with Crippen LogP contribution in [0.1, 0.15) is 54.9 Å². The Kier molecular flexibility index (Phi) is 7.21. The Bertz CT molecular complexity index is 1250. The largest absolute Gasteiger partial charge is 0.463 e. The molecule has 10 nitrogen and oxygen atoms in total. The van der Waals surface area contributed by atoms with Crippen LogP contribution in [0.25, 0.3) is 0 Å². The lowest BCUT2D eigenvalue weighted by Gasteiger charge is -2.47. The second-order valence-electron chi connectivity index (χ2n) is 9.68. The number of nitrogens with zero attached hydrogens (tertiary/aromatic N) is 1. The van der Waals surface area contributed by atoms with Gasteiger partial charge in [-0.1, -0.05) is 48.5 Å². The molecule has 2 bridgehead atoms. The lowest BCUT2D eigenvalue weighted by atomic mass is 9.73. The van der Waals surface area contributed by atoms with Gasteiger partial charge >= 0.3 is 17.9 Å². The molecule has 0 radical (unpaired) electrons. The molecule has 2 aromatic rings. The zero-order valence-corrected chi connectivity index (χ0v) is 22.3. The quantitative estimate of drug-likeness (QED) is 0.256. The number of hydrogen-bond acceptors (Lipinski definition) is 10. The van der Waals surface area contributed by atoms with Crippen LogP contribution in [0.15, 0.2) is 48.5 Å². The first-order valence-electron chi connectivity index (χ1n) is 12.5. The van der Waals surface area contributed by atoms with E-state index >= 15 is 0 Å². The molecule has 1 fully saturated rings. The van der Waals surface area contributed by atoms with Crippen LogP contribution >= 0.6 is 12.6 Å². The van der Waals surface area contributed by atoms with E-state index < -0.39 is 71.3 Å². The van der Waals surface area contributed by atoms with Crippen molar-refractivity contribution in [2.75, 3.05) is 6.61 Å². The highest BCUT2D eigenvalue weighted by molar-refractivity contribution is 7.80. The molecule has 3 heterocycles. The van der Waals surface area contributed by atoms with E-state index in [1.807, 2.05) is 48.5 Å². The molecule has 0 N–H and O–H groups in total. The number of benzene rings is 2. The second-order valence-corrected chi connectivity index (χ2v) is 10.2. The first-order chi connectivity index (χ1) is 18.6. The van der Waals surface area contributed by atoms with Gasteiger partial charge in [-0.25, -0.2) is 0 Å². The number of carbonyl (C=O) groups excluding carboxylic acids is 5. The molecule has 0 unspecified atom stereocenters. The van der Waals surface area contributed by atoms with Crippen molar-refractivity contribution in [3.05, 3.63) is 70.8 Å². The Morgan fingerprint density at radius 1 is 0.769 bits per heavy atom. The Balaban J connectivity index is 1.63. The van der Waals surface area contributed by atoms with E-state index in [0.29, 0.717) is 22.3 Å². The average Bonchev–Trinajstić information content (AvgIpc) is 3.03.